The van der Waals surface area contributed by atoms with Gasteiger partial charge >= 0.3 is 0 Å². The zero-order chi connectivity index (χ0) is 23.3. The molecule has 172 valence electrons. The number of hydrogen-bond acceptors (Lipinski definition) is 5. The molecule has 0 radical (unpaired) electrons. The lowest BCUT2D eigenvalue weighted by molar-refractivity contribution is -0.123. The molecule has 3 rings (SSSR count). The van der Waals surface area contributed by atoms with Crippen molar-refractivity contribution in [3.05, 3.63) is 54.1 Å². The van der Waals surface area contributed by atoms with Gasteiger partial charge in [-0.15, -0.1) is 0 Å². The summed E-state index contributed by atoms with van der Waals surface area (Å²) in [6, 6.07) is 13.4. The Morgan fingerprint density at radius 2 is 1.78 bits per heavy atom. The molecule has 1 N–H and O–H groups in total. The predicted octanol–water partition coefficient (Wildman–Crippen LogP) is 2.54. The molecule has 1 aliphatic rings. The van der Waals surface area contributed by atoms with Gasteiger partial charge < -0.3 is 15.0 Å². The summed E-state index contributed by atoms with van der Waals surface area (Å²) in [4.78, 5) is 25.9. The van der Waals surface area contributed by atoms with Gasteiger partial charge in [-0.2, -0.15) is 4.31 Å². The lowest BCUT2D eigenvalue weighted by Gasteiger charge is -2.21. The Kier molecular flexibility index (Phi) is 7.52. The number of carbonyl (C=O) groups is 2. The van der Waals surface area contributed by atoms with Crippen LogP contribution in [0.1, 0.15) is 32.3 Å². The first kappa shape index (κ1) is 23.7. The number of carbonyl (C=O) groups excluding carboxylic acids is 2. The van der Waals surface area contributed by atoms with E-state index in [1.54, 1.807) is 48.3 Å². The van der Waals surface area contributed by atoms with Crippen LogP contribution in [0.4, 0.5) is 5.69 Å². The van der Waals surface area contributed by atoms with Gasteiger partial charge in [0.05, 0.1) is 4.90 Å². The molecule has 1 saturated heterocycles. The van der Waals surface area contributed by atoms with Crippen molar-refractivity contribution in [2.45, 2.75) is 44.2 Å². The quantitative estimate of drug-likeness (QED) is 0.622. The highest BCUT2D eigenvalue weighted by molar-refractivity contribution is 7.89. The van der Waals surface area contributed by atoms with Gasteiger partial charge in [0.1, 0.15) is 5.75 Å². The van der Waals surface area contributed by atoms with Crippen LogP contribution in [0.3, 0.4) is 0 Å². The van der Waals surface area contributed by atoms with Crippen molar-refractivity contribution >= 4 is 27.5 Å². The van der Waals surface area contributed by atoms with E-state index in [0.29, 0.717) is 12.2 Å². The molecule has 2 aromatic rings. The summed E-state index contributed by atoms with van der Waals surface area (Å²) in [5.41, 5.74) is 1.61. The third kappa shape index (κ3) is 5.66. The predicted molar refractivity (Wildman–Crippen MR) is 122 cm³/mol. The van der Waals surface area contributed by atoms with Crippen LogP contribution in [0.15, 0.2) is 53.4 Å². The molecule has 8 nitrogen and oxygen atoms in total. The van der Waals surface area contributed by atoms with Gasteiger partial charge in [0.25, 0.3) is 5.91 Å². The Hall–Kier alpha value is -2.91. The number of sulfonamides is 1. The molecule has 2 amide bonds. The molecule has 0 aliphatic carbocycles. The van der Waals surface area contributed by atoms with E-state index in [1.807, 2.05) is 26.0 Å². The number of rotatable bonds is 9. The van der Waals surface area contributed by atoms with Crippen LogP contribution in [-0.2, 0) is 26.2 Å². The summed E-state index contributed by atoms with van der Waals surface area (Å²) in [5, 5.41) is 2.75. The molecule has 0 saturated carbocycles. The molecule has 0 atom stereocenters. The first-order valence-electron chi connectivity index (χ1n) is 10.6. The average Bonchev–Trinajstić information content (AvgIpc) is 3.22. The van der Waals surface area contributed by atoms with E-state index in [-0.39, 0.29) is 35.9 Å². The van der Waals surface area contributed by atoms with Crippen molar-refractivity contribution in [1.29, 1.82) is 0 Å². The fourth-order valence-electron chi connectivity index (χ4n) is 3.27. The van der Waals surface area contributed by atoms with Crippen LogP contribution in [-0.4, -0.2) is 50.8 Å². The molecule has 9 heteroatoms. The van der Waals surface area contributed by atoms with Crippen LogP contribution >= 0.6 is 0 Å². The highest BCUT2D eigenvalue weighted by Crippen LogP contribution is 2.24. The Morgan fingerprint density at radius 3 is 2.34 bits per heavy atom. The second-order valence-corrected chi connectivity index (χ2v) is 9.96. The highest BCUT2D eigenvalue weighted by Gasteiger charge is 2.23. The molecule has 32 heavy (non-hydrogen) atoms. The van der Waals surface area contributed by atoms with Crippen LogP contribution in [0.2, 0.25) is 0 Å². The fourth-order valence-corrected chi connectivity index (χ4v) is 4.63. The van der Waals surface area contributed by atoms with Crippen molar-refractivity contribution in [1.82, 2.24) is 9.62 Å². The minimum atomic E-state index is -3.53. The zero-order valence-corrected chi connectivity index (χ0v) is 19.4. The normalized spacial score (nSPS) is 14.3. The Balaban J connectivity index is 1.47. The Bertz CT molecular complexity index is 1050. The summed E-state index contributed by atoms with van der Waals surface area (Å²) < 4.78 is 31.8. The minimum absolute atomic E-state index is 0.121. The molecular formula is C23H29N3O5S. The van der Waals surface area contributed by atoms with E-state index in [1.165, 1.54) is 4.31 Å². The van der Waals surface area contributed by atoms with Gasteiger partial charge in [0, 0.05) is 38.3 Å². The number of anilines is 1. The molecule has 0 spiro atoms. The van der Waals surface area contributed by atoms with E-state index in [0.717, 1.165) is 24.2 Å². The van der Waals surface area contributed by atoms with E-state index in [2.05, 4.69) is 5.32 Å². The highest BCUT2D eigenvalue weighted by atomic mass is 32.2. The second-order valence-electron chi connectivity index (χ2n) is 7.97. The van der Waals surface area contributed by atoms with Gasteiger partial charge in [-0.3, -0.25) is 9.59 Å². The standard InChI is InChI=1S/C23H29N3O5S/c1-17(2)25(3)32(29,30)21-12-6-18(7-13-21)15-24-22(27)16-31-20-10-8-19(9-11-20)26-14-4-5-23(26)28/h6-13,17H,4-5,14-16H2,1-3H3,(H,24,27). The van der Waals surface area contributed by atoms with Crippen molar-refractivity contribution in [3.8, 4) is 5.75 Å². The molecular weight excluding hydrogens is 430 g/mol. The van der Waals surface area contributed by atoms with Crippen LogP contribution in [0, 0.1) is 0 Å². The lowest BCUT2D eigenvalue weighted by Crippen LogP contribution is -2.33. The monoisotopic (exact) mass is 459 g/mol. The summed E-state index contributed by atoms with van der Waals surface area (Å²) in [6.07, 6.45) is 1.44. The maximum Gasteiger partial charge on any atom is 0.258 e. The van der Waals surface area contributed by atoms with Gasteiger partial charge in [0.15, 0.2) is 6.61 Å². The summed E-state index contributed by atoms with van der Waals surface area (Å²) in [7, 11) is -1.98. The Morgan fingerprint density at radius 1 is 1.12 bits per heavy atom. The van der Waals surface area contributed by atoms with Gasteiger partial charge in [-0.1, -0.05) is 12.1 Å². The minimum Gasteiger partial charge on any atom is -0.484 e. The van der Waals surface area contributed by atoms with Crippen molar-refractivity contribution in [3.63, 3.8) is 0 Å². The smallest absolute Gasteiger partial charge is 0.258 e. The third-order valence-corrected chi connectivity index (χ3v) is 7.46. The summed E-state index contributed by atoms with van der Waals surface area (Å²) in [5.74, 6) is 0.370. The van der Waals surface area contributed by atoms with Crippen molar-refractivity contribution in [2.75, 3.05) is 25.1 Å². The van der Waals surface area contributed by atoms with Crippen molar-refractivity contribution < 1.29 is 22.7 Å². The molecule has 1 aliphatic heterocycles. The molecule has 1 heterocycles. The largest absolute Gasteiger partial charge is 0.484 e. The van der Waals surface area contributed by atoms with E-state index in [4.69, 9.17) is 4.74 Å². The number of nitrogens with zero attached hydrogens (tertiary/aromatic N) is 2. The fraction of sp³-hybridized carbons (Fsp3) is 0.391. The van der Waals surface area contributed by atoms with Crippen LogP contribution in [0.5, 0.6) is 5.75 Å². The summed E-state index contributed by atoms with van der Waals surface area (Å²) >= 11 is 0. The maximum absolute atomic E-state index is 12.5. The molecule has 0 bridgehead atoms. The molecule has 2 aromatic carbocycles. The molecule has 0 aromatic heterocycles. The lowest BCUT2D eigenvalue weighted by atomic mass is 10.2. The average molecular weight is 460 g/mol. The number of amides is 2. The maximum atomic E-state index is 12.5. The van der Waals surface area contributed by atoms with E-state index < -0.39 is 10.0 Å². The topological polar surface area (TPSA) is 96.0 Å². The number of nitrogens with one attached hydrogen (secondary N) is 1. The zero-order valence-electron chi connectivity index (χ0n) is 18.6. The van der Waals surface area contributed by atoms with Gasteiger partial charge in [-0.05, 0) is 62.2 Å². The SMILES string of the molecule is CC(C)N(C)S(=O)(=O)c1ccc(CNC(=O)COc2ccc(N3CCCC3=O)cc2)cc1. The van der Waals surface area contributed by atoms with Crippen LogP contribution < -0.4 is 15.0 Å². The van der Waals surface area contributed by atoms with Crippen molar-refractivity contribution in [2.24, 2.45) is 0 Å². The first-order valence-corrected chi connectivity index (χ1v) is 12.0. The first-order chi connectivity index (χ1) is 15.2. The van der Waals surface area contributed by atoms with E-state index >= 15 is 0 Å². The van der Waals surface area contributed by atoms with Gasteiger partial charge in [-0.25, -0.2) is 8.42 Å². The number of ether oxygens (including phenoxy) is 1. The molecule has 0 unspecified atom stereocenters. The number of hydrogen-bond donors (Lipinski definition) is 1. The van der Waals surface area contributed by atoms with Gasteiger partial charge in [0.2, 0.25) is 15.9 Å². The molecule has 1 fully saturated rings. The summed E-state index contributed by atoms with van der Waals surface area (Å²) in [6.45, 7) is 4.47. The third-order valence-electron chi connectivity index (χ3n) is 5.41. The Labute approximate surface area is 189 Å². The number of benzene rings is 2. The van der Waals surface area contributed by atoms with Crippen LogP contribution in [0.25, 0.3) is 0 Å². The second kappa shape index (κ2) is 10.1. The van der Waals surface area contributed by atoms with E-state index in [9.17, 15) is 18.0 Å².